The number of hydrogen-bond donors (Lipinski definition) is 1. The summed E-state index contributed by atoms with van der Waals surface area (Å²) in [7, 11) is 0. The number of hydrogen-bond acceptors (Lipinski definition) is 2. The van der Waals surface area contributed by atoms with Gasteiger partial charge < -0.3 is 10.1 Å². The van der Waals surface area contributed by atoms with Crippen LogP contribution >= 0.6 is 11.6 Å². The van der Waals surface area contributed by atoms with Gasteiger partial charge in [-0.15, -0.1) is 0 Å². The van der Waals surface area contributed by atoms with Crippen LogP contribution in [0, 0.1) is 12.8 Å². The highest BCUT2D eigenvalue weighted by Crippen LogP contribution is 2.36. The molecule has 1 heterocycles. The quantitative estimate of drug-likeness (QED) is 0.900. The molecule has 2 unspecified atom stereocenters. The molecule has 0 spiro atoms. The maximum Gasteiger partial charge on any atom is 0.0868 e. The summed E-state index contributed by atoms with van der Waals surface area (Å²) in [6.45, 7) is 10.6. The van der Waals surface area contributed by atoms with E-state index < -0.39 is 0 Å². The van der Waals surface area contributed by atoms with Gasteiger partial charge in [-0.3, -0.25) is 0 Å². The SMILES string of the molecule is Cc1cc(Cl)ccc1C1OCCC1CNC(C)(C)C. The smallest absolute Gasteiger partial charge is 0.0868 e. The zero-order valence-electron chi connectivity index (χ0n) is 12.3. The van der Waals surface area contributed by atoms with Gasteiger partial charge in [0.15, 0.2) is 0 Å². The van der Waals surface area contributed by atoms with E-state index in [1.807, 2.05) is 12.1 Å². The van der Waals surface area contributed by atoms with Gasteiger partial charge >= 0.3 is 0 Å². The number of rotatable bonds is 3. The van der Waals surface area contributed by atoms with Gasteiger partial charge in [0.25, 0.3) is 0 Å². The van der Waals surface area contributed by atoms with E-state index in [9.17, 15) is 0 Å². The lowest BCUT2D eigenvalue weighted by Gasteiger charge is -2.26. The number of nitrogens with one attached hydrogen (secondary N) is 1. The van der Waals surface area contributed by atoms with Crippen molar-refractivity contribution < 1.29 is 4.74 Å². The van der Waals surface area contributed by atoms with E-state index in [1.165, 1.54) is 11.1 Å². The standard InChI is InChI=1S/C16H24ClNO/c1-11-9-13(17)5-6-14(11)15-12(7-8-19-15)10-18-16(2,3)4/h5-6,9,12,15,18H,7-8,10H2,1-4H3. The summed E-state index contributed by atoms with van der Waals surface area (Å²) in [5.74, 6) is 0.541. The second kappa shape index (κ2) is 5.82. The van der Waals surface area contributed by atoms with E-state index >= 15 is 0 Å². The molecule has 1 aliphatic heterocycles. The fourth-order valence-corrected chi connectivity index (χ4v) is 2.81. The van der Waals surface area contributed by atoms with Crippen LogP contribution in [0.5, 0.6) is 0 Å². The Morgan fingerprint density at radius 3 is 2.74 bits per heavy atom. The summed E-state index contributed by atoms with van der Waals surface area (Å²) >= 11 is 6.03. The zero-order valence-corrected chi connectivity index (χ0v) is 13.1. The molecule has 2 rings (SSSR count). The molecule has 1 aromatic rings. The number of benzene rings is 1. The molecule has 0 bridgehead atoms. The number of ether oxygens (including phenoxy) is 1. The Hall–Kier alpha value is -0.570. The number of halogens is 1. The van der Waals surface area contributed by atoms with Gasteiger partial charge in [-0.2, -0.15) is 0 Å². The van der Waals surface area contributed by atoms with Crippen molar-refractivity contribution in [2.75, 3.05) is 13.2 Å². The average molecular weight is 282 g/mol. The summed E-state index contributed by atoms with van der Waals surface area (Å²) in [4.78, 5) is 0. The van der Waals surface area contributed by atoms with Crippen molar-refractivity contribution >= 4 is 11.6 Å². The van der Waals surface area contributed by atoms with Crippen LogP contribution in [-0.4, -0.2) is 18.7 Å². The van der Waals surface area contributed by atoms with Gasteiger partial charge in [0.2, 0.25) is 0 Å². The van der Waals surface area contributed by atoms with Gasteiger partial charge in [0.1, 0.15) is 0 Å². The Balaban J connectivity index is 2.10. The van der Waals surface area contributed by atoms with Crippen LogP contribution in [0.15, 0.2) is 18.2 Å². The Labute approximate surface area is 121 Å². The van der Waals surface area contributed by atoms with Gasteiger partial charge in [-0.25, -0.2) is 0 Å². The van der Waals surface area contributed by atoms with Crippen molar-refractivity contribution in [2.24, 2.45) is 5.92 Å². The Morgan fingerprint density at radius 1 is 1.37 bits per heavy atom. The molecule has 0 amide bonds. The lowest BCUT2D eigenvalue weighted by molar-refractivity contribution is 0.0884. The van der Waals surface area contributed by atoms with Crippen LogP contribution in [0.25, 0.3) is 0 Å². The summed E-state index contributed by atoms with van der Waals surface area (Å²) in [5.41, 5.74) is 2.66. The molecule has 0 saturated carbocycles. The molecule has 2 nitrogen and oxygen atoms in total. The minimum Gasteiger partial charge on any atom is -0.373 e. The van der Waals surface area contributed by atoms with Gasteiger partial charge in [0, 0.05) is 29.6 Å². The van der Waals surface area contributed by atoms with Crippen molar-refractivity contribution in [2.45, 2.75) is 45.8 Å². The summed E-state index contributed by atoms with van der Waals surface area (Å²) in [6, 6.07) is 6.09. The molecule has 106 valence electrons. The third-order valence-electron chi connectivity index (χ3n) is 3.65. The Kier molecular flexibility index (Phi) is 4.54. The highest BCUT2D eigenvalue weighted by molar-refractivity contribution is 6.30. The summed E-state index contributed by atoms with van der Waals surface area (Å²) < 4.78 is 5.95. The van der Waals surface area contributed by atoms with E-state index in [4.69, 9.17) is 16.3 Å². The third kappa shape index (κ3) is 3.95. The van der Waals surface area contributed by atoms with Gasteiger partial charge in [-0.1, -0.05) is 17.7 Å². The van der Waals surface area contributed by atoms with E-state index in [1.54, 1.807) is 0 Å². The summed E-state index contributed by atoms with van der Waals surface area (Å²) in [6.07, 6.45) is 1.32. The van der Waals surface area contributed by atoms with Crippen LogP contribution in [0.4, 0.5) is 0 Å². The van der Waals surface area contributed by atoms with Crippen molar-refractivity contribution in [1.82, 2.24) is 5.32 Å². The first kappa shape index (κ1) is 14.8. The molecule has 3 heteroatoms. The van der Waals surface area contributed by atoms with Crippen molar-refractivity contribution in [3.63, 3.8) is 0 Å². The molecule has 0 aliphatic carbocycles. The van der Waals surface area contributed by atoms with Crippen LogP contribution in [0.1, 0.15) is 44.4 Å². The summed E-state index contributed by atoms with van der Waals surface area (Å²) in [5, 5.41) is 4.38. The second-order valence-electron chi connectivity index (χ2n) is 6.47. The molecule has 1 aromatic carbocycles. The van der Waals surface area contributed by atoms with Crippen LogP contribution in [0.3, 0.4) is 0 Å². The Bertz CT molecular complexity index is 439. The Morgan fingerprint density at radius 2 is 2.11 bits per heavy atom. The molecule has 1 fully saturated rings. The molecule has 0 radical (unpaired) electrons. The predicted molar refractivity (Wildman–Crippen MR) is 80.7 cm³/mol. The van der Waals surface area contributed by atoms with Crippen molar-refractivity contribution in [1.29, 1.82) is 0 Å². The minimum atomic E-state index is 0.155. The van der Waals surface area contributed by atoms with Crippen LogP contribution in [0.2, 0.25) is 5.02 Å². The zero-order chi connectivity index (χ0) is 14.0. The maximum absolute atomic E-state index is 6.03. The largest absolute Gasteiger partial charge is 0.373 e. The first-order valence-corrected chi connectivity index (χ1v) is 7.37. The molecule has 1 aliphatic rings. The minimum absolute atomic E-state index is 0.155. The lowest BCUT2D eigenvalue weighted by atomic mass is 9.92. The monoisotopic (exact) mass is 281 g/mol. The van der Waals surface area contributed by atoms with Crippen LogP contribution in [-0.2, 0) is 4.74 Å². The first-order valence-electron chi connectivity index (χ1n) is 6.99. The molecule has 1 saturated heterocycles. The average Bonchev–Trinajstić information content (AvgIpc) is 2.73. The fourth-order valence-electron chi connectivity index (χ4n) is 2.58. The molecule has 0 aromatic heterocycles. The third-order valence-corrected chi connectivity index (χ3v) is 3.88. The fraction of sp³-hybridized carbons (Fsp3) is 0.625. The van der Waals surface area contributed by atoms with Crippen LogP contribution < -0.4 is 5.32 Å². The molecular weight excluding hydrogens is 258 g/mol. The molecule has 19 heavy (non-hydrogen) atoms. The topological polar surface area (TPSA) is 21.3 Å². The highest BCUT2D eigenvalue weighted by atomic mass is 35.5. The second-order valence-corrected chi connectivity index (χ2v) is 6.91. The lowest BCUT2D eigenvalue weighted by Crippen LogP contribution is -2.39. The normalized spacial score (nSPS) is 23.8. The maximum atomic E-state index is 6.03. The van der Waals surface area contributed by atoms with Gasteiger partial charge in [-0.05, 0) is 57.4 Å². The van der Waals surface area contributed by atoms with Crippen molar-refractivity contribution in [3.05, 3.63) is 34.3 Å². The van der Waals surface area contributed by atoms with E-state index in [2.05, 4.69) is 39.1 Å². The molecule has 1 N–H and O–H groups in total. The number of aryl methyl sites for hydroxylation is 1. The van der Waals surface area contributed by atoms with E-state index in [0.717, 1.165) is 24.6 Å². The molecular formula is C16H24ClNO. The first-order chi connectivity index (χ1) is 8.87. The highest BCUT2D eigenvalue weighted by Gasteiger charge is 2.31. The van der Waals surface area contributed by atoms with Crippen molar-refractivity contribution in [3.8, 4) is 0 Å². The van der Waals surface area contributed by atoms with E-state index in [-0.39, 0.29) is 11.6 Å². The van der Waals surface area contributed by atoms with E-state index in [0.29, 0.717) is 5.92 Å². The van der Waals surface area contributed by atoms with Gasteiger partial charge in [0.05, 0.1) is 6.10 Å². The molecule has 2 atom stereocenters. The predicted octanol–water partition coefficient (Wildman–Crippen LogP) is 4.11.